The summed E-state index contributed by atoms with van der Waals surface area (Å²) in [5, 5.41) is 3.21. The van der Waals surface area contributed by atoms with Gasteiger partial charge in [-0.05, 0) is 0 Å². The van der Waals surface area contributed by atoms with E-state index in [-0.39, 0.29) is 0 Å². The zero-order valence-electron chi connectivity index (χ0n) is 4.76. The first-order chi connectivity index (χ1) is 3.93. The fourth-order valence-corrected chi connectivity index (χ4v) is 0.971. The molecule has 0 aromatic carbocycles. The van der Waals surface area contributed by atoms with E-state index >= 15 is 0 Å². The van der Waals surface area contributed by atoms with Crippen molar-refractivity contribution in [3.05, 3.63) is 0 Å². The molecule has 1 aliphatic rings. The van der Waals surface area contributed by atoms with Gasteiger partial charge in [-0.2, -0.15) is 12.6 Å². The maximum absolute atomic E-state index is 5.29. The van der Waals surface area contributed by atoms with Crippen LogP contribution in [0.2, 0.25) is 0 Å². The number of rotatable bonds is 1. The van der Waals surface area contributed by atoms with E-state index in [1.807, 2.05) is 0 Å². The monoisotopic (exact) mass is 133 g/mol. The highest BCUT2D eigenvalue weighted by molar-refractivity contribution is 7.80. The molecule has 0 amide bonds. The van der Waals surface area contributed by atoms with E-state index in [1.54, 1.807) is 0 Å². The lowest BCUT2D eigenvalue weighted by Gasteiger charge is -2.21. The van der Waals surface area contributed by atoms with Crippen molar-refractivity contribution in [2.24, 2.45) is 0 Å². The highest BCUT2D eigenvalue weighted by atomic mass is 32.1. The van der Waals surface area contributed by atoms with Crippen LogP contribution in [0, 0.1) is 0 Å². The van der Waals surface area contributed by atoms with Gasteiger partial charge in [0.1, 0.15) is 0 Å². The fourth-order valence-electron chi connectivity index (χ4n) is 0.737. The molecule has 48 valence electrons. The second kappa shape index (κ2) is 3.33. The molecule has 0 aromatic rings. The maximum Gasteiger partial charge on any atom is 0.0787 e. The van der Waals surface area contributed by atoms with Crippen molar-refractivity contribution in [1.82, 2.24) is 5.32 Å². The molecule has 1 N–H and O–H groups in total. The van der Waals surface area contributed by atoms with Gasteiger partial charge in [-0.3, -0.25) is 0 Å². The van der Waals surface area contributed by atoms with Crippen molar-refractivity contribution in [2.45, 2.75) is 6.10 Å². The topological polar surface area (TPSA) is 21.3 Å². The van der Waals surface area contributed by atoms with E-state index in [4.69, 9.17) is 4.74 Å². The molecule has 1 fully saturated rings. The number of nitrogens with one attached hydrogen (secondary N) is 1. The summed E-state index contributed by atoms with van der Waals surface area (Å²) in [4.78, 5) is 0. The molecule has 8 heavy (non-hydrogen) atoms. The molecule has 1 rings (SSSR count). The summed E-state index contributed by atoms with van der Waals surface area (Å²) in [7, 11) is 0. The Morgan fingerprint density at radius 3 is 3.00 bits per heavy atom. The lowest BCUT2D eigenvalue weighted by molar-refractivity contribution is 0.0443. The third kappa shape index (κ3) is 1.65. The molecule has 0 aliphatic carbocycles. The van der Waals surface area contributed by atoms with Crippen LogP contribution in [0.25, 0.3) is 0 Å². The predicted octanol–water partition coefficient (Wildman–Crippen LogP) is -0.0954. The zero-order valence-corrected chi connectivity index (χ0v) is 5.66. The molecule has 0 bridgehead atoms. The van der Waals surface area contributed by atoms with Crippen LogP contribution in [0.4, 0.5) is 0 Å². The Labute approximate surface area is 55.0 Å². The van der Waals surface area contributed by atoms with Crippen LogP contribution in [-0.4, -0.2) is 31.6 Å². The lowest BCUT2D eigenvalue weighted by Crippen LogP contribution is -2.39. The molecule has 1 saturated heterocycles. The van der Waals surface area contributed by atoms with Crippen LogP contribution in [-0.2, 0) is 4.74 Å². The van der Waals surface area contributed by atoms with Crippen LogP contribution in [0.1, 0.15) is 0 Å². The summed E-state index contributed by atoms with van der Waals surface area (Å²) < 4.78 is 5.29. The van der Waals surface area contributed by atoms with Crippen molar-refractivity contribution >= 4 is 12.6 Å². The fraction of sp³-hybridized carbons (Fsp3) is 1.00. The van der Waals surface area contributed by atoms with Crippen LogP contribution in [0.15, 0.2) is 0 Å². The normalized spacial score (nSPS) is 30.4. The van der Waals surface area contributed by atoms with E-state index in [0.717, 1.165) is 25.4 Å². The minimum Gasteiger partial charge on any atom is -0.375 e. The van der Waals surface area contributed by atoms with Crippen LogP contribution in [0.5, 0.6) is 0 Å². The zero-order chi connectivity index (χ0) is 5.82. The van der Waals surface area contributed by atoms with Crippen LogP contribution < -0.4 is 5.32 Å². The summed E-state index contributed by atoms with van der Waals surface area (Å²) in [5.41, 5.74) is 0. The molecule has 0 spiro atoms. The van der Waals surface area contributed by atoms with Crippen LogP contribution in [0.3, 0.4) is 0 Å². The Balaban J connectivity index is 2.13. The van der Waals surface area contributed by atoms with Gasteiger partial charge in [-0.15, -0.1) is 0 Å². The van der Waals surface area contributed by atoms with Gasteiger partial charge in [-0.1, -0.05) is 0 Å². The van der Waals surface area contributed by atoms with E-state index in [1.165, 1.54) is 0 Å². The number of morpholine rings is 1. The van der Waals surface area contributed by atoms with Crippen molar-refractivity contribution < 1.29 is 4.74 Å². The highest BCUT2D eigenvalue weighted by Gasteiger charge is 2.09. The van der Waals surface area contributed by atoms with E-state index in [9.17, 15) is 0 Å². The Morgan fingerprint density at radius 2 is 2.62 bits per heavy atom. The quantitative estimate of drug-likeness (QED) is 0.488. The van der Waals surface area contributed by atoms with E-state index in [0.29, 0.717) is 6.10 Å². The molecule has 0 radical (unpaired) electrons. The van der Waals surface area contributed by atoms with Gasteiger partial charge >= 0.3 is 0 Å². The van der Waals surface area contributed by atoms with Gasteiger partial charge in [0, 0.05) is 18.8 Å². The van der Waals surface area contributed by atoms with Crippen molar-refractivity contribution in [1.29, 1.82) is 0 Å². The molecule has 3 heteroatoms. The number of hydrogen-bond donors (Lipinski definition) is 2. The molecular formula is C5H11NOS. The lowest BCUT2D eigenvalue weighted by atomic mass is 10.3. The Kier molecular flexibility index (Phi) is 2.66. The summed E-state index contributed by atoms with van der Waals surface area (Å²) in [5.74, 6) is 0.826. The predicted molar refractivity (Wildman–Crippen MR) is 36.5 cm³/mol. The van der Waals surface area contributed by atoms with E-state index < -0.39 is 0 Å². The average Bonchev–Trinajstić information content (AvgIpc) is 1.90. The first kappa shape index (κ1) is 6.39. The van der Waals surface area contributed by atoms with Gasteiger partial charge in [0.05, 0.1) is 12.7 Å². The third-order valence-corrected chi connectivity index (χ3v) is 1.62. The average molecular weight is 133 g/mol. The summed E-state index contributed by atoms with van der Waals surface area (Å²) >= 11 is 4.10. The molecule has 1 heterocycles. The first-order valence-corrected chi connectivity index (χ1v) is 3.50. The summed E-state index contributed by atoms with van der Waals surface area (Å²) in [6.07, 6.45) is 0.340. The molecule has 0 aromatic heterocycles. The molecule has 2 nitrogen and oxygen atoms in total. The minimum atomic E-state index is 0.340. The molecule has 1 atom stereocenters. The van der Waals surface area contributed by atoms with Gasteiger partial charge in [0.25, 0.3) is 0 Å². The Hall–Kier alpha value is 0.270. The SMILES string of the molecule is SC[C@@H]1CNCCO1. The van der Waals surface area contributed by atoms with Crippen molar-refractivity contribution in [3.63, 3.8) is 0 Å². The number of ether oxygens (including phenoxy) is 1. The van der Waals surface area contributed by atoms with Gasteiger partial charge in [0.2, 0.25) is 0 Å². The number of thiol groups is 1. The summed E-state index contributed by atoms with van der Waals surface area (Å²) in [6.45, 7) is 2.79. The van der Waals surface area contributed by atoms with Gasteiger partial charge in [0.15, 0.2) is 0 Å². The molecule has 1 aliphatic heterocycles. The third-order valence-electron chi connectivity index (χ3n) is 1.21. The molecular weight excluding hydrogens is 122 g/mol. The first-order valence-electron chi connectivity index (χ1n) is 2.86. The Bertz CT molecular complexity index is 63.4. The highest BCUT2D eigenvalue weighted by Crippen LogP contribution is 1.96. The largest absolute Gasteiger partial charge is 0.375 e. The number of hydrogen-bond acceptors (Lipinski definition) is 3. The standard InChI is InChI=1S/C5H11NOS/c8-4-5-3-6-1-2-7-5/h5-6,8H,1-4H2/t5-/m0/s1. The maximum atomic E-state index is 5.29. The Morgan fingerprint density at radius 1 is 1.75 bits per heavy atom. The van der Waals surface area contributed by atoms with Crippen molar-refractivity contribution in [2.75, 3.05) is 25.4 Å². The smallest absolute Gasteiger partial charge is 0.0787 e. The van der Waals surface area contributed by atoms with E-state index in [2.05, 4.69) is 17.9 Å². The molecule has 0 saturated carbocycles. The molecule has 0 unspecified atom stereocenters. The second-order valence-corrected chi connectivity index (χ2v) is 2.24. The minimum absolute atomic E-state index is 0.340. The van der Waals surface area contributed by atoms with Gasteiger partial charge < -0.3 is 10.1 Å². The van der Waals surface area contributed by atoms with Gasteiger partial charge in [-0.25, -0.2) is 0 Å². The van der Waals surface area contributed by atoms with Crippen molar-refractivity contribution in [3.8, 4) is 0 Å². The summed E-state index contributed by atoms with van der Waals surface area (Å²) in [6, 6.07) is 0. The van der Waals surface area contributed by atoms with Crippen LogP contribution >= 0.6 is 12.6 Å². The second-order valence-electron chi connectivity index (χ2n) is 1.88.